The average molecular weight is 301 g/mol. The Morgan fingerprint density at radius 2 is 1.90 bits per heavy atom. The Morgan fingerprint density at radius 1 is 1.19 bits per heavy atom. The number of aromatic nitrogens is 1. The molecule has 0 spiro atoms. The first-order chi connectivity index (χ1) is 10.2. The predicted molar refractivity (Wildman–Crippen MR) is 89.2 cm³/mol. The first-order valence-electron chi connectivity index (χ1n) is 7.68. The Bertz CT molecular complexity index is 558. The highest BCUT2D eigenvalue weighted by molar-refractivity contribution is 7.13. The van der Waals surface area contributed by atoms with Crippen LogP contribution >= 0.6 is 11.3 Å². The summed E-state index contributed by atoms with van der Waals surface area (Å²) in [6, 6.07) is 11.5. The second kappa shape index (κ2) is 6.69. The summed E-state index contributed by atoms with van der Waals surface area (Å²) < 4.78 is 0. The fourth-order valence-electron chi connectivity index (χ4n) is 3.02. The summed E-state index contributed by atoms with van der Waals surface area (Å²) in [5.74, 6) is 0. The Kier molecular flexibility index (Phi) is 4.68. The minimum absolute atomic E-state index is 0.415. The number of hydrogen-bond donors (Lipinski definition) is 1. The van der Waals surface area contributed by atoms with E-state index in [4.69, 9.17) is 10.7 Å². The maximum atomic E-state index is 5.99. The summed E-state index contributed by atoms with van der Waals surface area (Å²) in [4.78, 5) is 7.22. The smallest absolute Gasteiger partial charge is 0.123 e. The van der Waals surface area contributed by atoms with Gasteiger partial charge in [-0.25, -0.2) is 4.98 Å². The summed E-state index contributed by atoms with van der Waals surface area (Å²) >= 11 is 1.73. The van der Waals surface area contributed by atoms with Gasteiger partial charge in [0.05, 0.1) is 5.69 Å². The van der Waals surface area contributed by atoms with Crippen LogP contribution in [0.4, 0.5) is 0 Å². The zero-order valence-electron chi connectivity index (χ0n) is 12.5. The second-order valence-electron chi connectivity index (χ2n) is 5.99. The molecule has 3 rings (SSSR count). The van der Waals surface area contributed by atoms with Crippen LogP contribution in [-0.4, -0.2) is 29.0 Å². The van der Waals surface area contributed by atoms with Crippen LogP contribution in [0.15, 0.2) is 35.7 Å². The first kappa shape index (κ1) is 14.7. The van der Waals surface area contributed by atoms with Crippen molar-refractivity contribution in [1.82, 2.24) is 9.88 Å². The molecule has 1 heterocycles. The quantitative estimate of drug-likeness (QED) is 0.939. The molecule has 2 N–H and O–H groups in total. The van der Waals surface area contributed by atoms with E-state index in [1.54, 1.807) is 11.3 Å². The Hall–Kier alpha value is -1.23. The molecule has 0 unspecified atom stereocenters. The molecule has 0 amide bonds. The maximum absolute atomic E-state index is 5.99. The molecule has 112 valence electrons. The van der Waals surface area contributed by atoms with Crippen LogP contribution in [0.3, 0.4) is 0 Å². The first-order valence-corrected chi connectivity index (χ1v) is 8.56. The van der Waals surface area contributed by atoms with Gasteiger partial charge >= 0.3 is 0 Å². The number of nitrogens with zero attached hydrogens (tertiary/aromatic N) is 2. The Labute approximate surface area is 130 Å². The van der Waals surface area contributed by atoms with E-state index in [9.17, 15) is 0 Å². The van der Waals surface area contributed by atoms with Crippen molar-refractivity contribution in [2.75, 3.05) is 7.05 Å². The molecule has 1 fully saturated rings. The molecule has 0 bridgehead atoms. The third-order valence-corrected chi connectivity index (χ3v) is 5.29. The van der Waals surface area contributed by atoms with Crippen LogP contribution in [0.2, 0.25) is 0 Å². The van der Waals surface area contributed by atoms with Crippen LogP contribution in [0.1, 0.15) is 31.4 Å². The van der Waals surface area contributed by atoms with Gasteiger partial charge in [-0.05, 0) is 32.7 Å². The lowest BCUT2D eigenvalue weighted by Gasteiger charge is -2.33. The van der Waals surface area contributed by atoms with Gasteiger partial charge in [-0.15, -0.1) is 11.3 Å². The average Bonchev–Trinajstić information content (AvgIpc) is 2.97. The molecule has 0 radical (unpaired) electrons. The van der Waals surface area contributed by atoms with Crippen LogP contribution in [0.5, 0.6) is 0 Å². The van der Waals surface area contributed by atoms with E-state index in [0.717, 1.165) is 24.4 Å². The normalized spacial score (nSPS) is 22.6. The van der Waals surface area contributed by atoms with Crippen LogP contribution in [0.25, 0.3) is 10.6 Å². The fourth-order valence-corrected chi connectivity index (χ4v) is 3.84. The van der Waals surface area contributed by atoms with Crippen molar-refractivity contribution in [1.29, 1.82) is 0 Å². The largest absolute Gasteiger partial charge is 0.328 e. The minimum Gasteiger partial charge on any atom is -0.328 e. The second-order valence-corrected chi connectivity index (χ2v) is 6.85. The number of benzene rings is 1. The summed E-state index contributed by atoms with van der Waals surface area (Å²) in [7, 11) is 2.21. The zero-order valence-corrected chi connectivity index (χ0v) is 13.4. The number of nitrogens with two attached hydrogens (primary N) is 1. The highest BCUT2D eigenvalue weighted by Crippen LogP contribution is 2.26. The summed E-state index contributed by atoms with van der Waals surface area (Å²) in [5.41, 5.74) is 8.37. The molecule has 3 nitrogen and oxygen atoms in total. The van der Waals surface area contributed by atoms with Gasteiger partial charge in [0, 0.05) is 29.6 Å². The lowest BCUT2D eigenvalue weighted by molar-refractivity contribution is 0.175. The number of thiazole rings is 1. The van der Waals surface area contributed by atoms with Crippen LogP contribution in [-0.2, 0) is 6.54 Å². The maximum Gasteiger partial charge on any atom is 0.123 e. The zero-order chi connectivity index (χ0) is 14.7. The molecule has 1 saturated carbocycles. The van der Waals surface area contributed by atoms with E-state index < -0.39 is 0 Å². The van der Waals surface area contributed by atoms with Gasteiger partial charge in [-0.2, -0.15) is 0 Å². The molecule has 0 atom stereocenters. The molecule has 0 saturated heterocycles. The van der Waals surface area contributed by atoms with Crippen molar-refractivity contribution in [3.05, 3.63) is 41.4 Å². The van der Waals surface area contributed by atoms with Crippen molar-refractivity contribution < 1.29 is 0 Å². The molecule has 1 aromatic heterocycles. The van der Waals surface area contributed by atoms with E-state index in [1.165, 1.54) is 24.1 Å². The molecule has 4 heteroatoms. The van der Waals surface area contributed by atoms with Crippen LogP contribution < -0.4 is 5.73 Å². The highest BCUT2D eigenvalue weighted by Gasteiger charge is 2.22. The van der Waals surface area contributed by atoms with Gasteiger partial charge < -0.3 is 5.73 Å². The summed E-state index contributed by atoms with van der Waals surface area (Å²) in [5, 5.41) is 3.30. The van der Waals surface area contributed by atoms with Gasteiger partial charge in [0.15, 0.2) is 0 Å². The van der Waals surface area contributed by atoms with Crippen molar-refractivity contribution >= 4 is 11.3 Å². The summed E-state index contributed by atoms with van der Waals surface area (Å²) in [6.45, 7) is 0.934. The number of hydrogen-bond acceptors (Lipinski definition) is 4. The van der Waals surface area contributed by atoms with E-state index in [2.05, 4.69) is 41.6 Å². The van der Waals surface area contributed by atoms with Gasteiger partial charge in [-0.1, -0.05) is 30.3 Å². The van der Waals surface area contributed by atoms with E-state index >= 15 is 0 Å². The predicted octanol–water partition coefficient (Wildman–Crippen LogP) is 3.51. The lowest BCUT2D eigenvalue weighted by Crippen LogP contribution is -2.38. The molecule has 1 aromatic carbocycles. The molecule has 2 aromatic rings. The molecule has 1 aliphatic carbocycles. The standard InChI is InChI=1S/C17H23N3S/c1-20(16-9-7-14(18)8-10-16)11-15-12-21-17(19-15)13-5-3-2-4-6-13/h2-6,12,14,16H,7-11,18H2,1H3. The molecular weight excluding hydrogens is 278 g/mol. The SMILES string of the molecule is CN(Cc1csc(-c2ccccc2)n1)C1CCC(N)CC1. The van der Waals surface area contributed by atoms with Crippen molar-refractivity contribution in [3.8, 4) is 10.6 Å². The Balaban J connectivity index is 1.62. The van der Waals surface area contributed by atoms with Gasteiger partial charge in [-0.3, -0.25) is 4.90 Å². The lowest BCUT2D eigenvalue weighted by atomic mass is 9.91. The van der Waals surface area contributed by atoms with Crippen molar-refractivity contribution in [2.24, 2.45) is 5.73 Å². The third kappa shape index (κ3) is 3.70. The van der Waals surface area contributed by atoms with Crippen molar-refractivity contribution in [2.45, 2.75) is 44.3 Å². The molecule has 21 heavy (non-hydrogen) atoms. The van der Waals surface area contributed by atoms with E-state index in [-0.39, 0.29) is 0 Å². The van der Waals surface area contributed by atoms with Crippen molar-refractivity contribution in [3.63, 3.8) is 0 Å². The van der Waals surface area contributed by atoms with E-state index in [0.29, 0.717) is 12.1 Å². The molecule has 0 aliphatic heterocycles. The van der Waals surface area contributed by atoms with Crippen LogP contribution in [0, 0.1) is 0 Å². The highest BCUT2D eigenvalue weighted by atomic mass is 32.1. The summed E-state index contributed by atoms with van der Waals surface area (Å²) in [6.07, 6.45) is 4.74. The topological polar surface area (TPSA) is 42.2 Å². The minimum atomic E-state index is 0.415. The fraction of sp³-hybridized carbons (Fsp3) is 0.471. The monoisotopic (exact) mass is 301 g/mol. The molecule has 1 aliphatic rings. The third-order valence-electron chi connectivity index (χ3n) is 4.35. The Morgan fingerprint density at radius 3 is 2.62 bits per heavy atom. The number of rotatable bonds is 4. The van der Waals surface area contributed by atoms with Gasteiger partial charge in [0.1, 0.15) is 5.01 Å². The molecular formula is C17H23N3S. The van der Waals surface area contributed by atoms with E-state index in [1.807, 2.05) is 6.07 Å². The van der Waals surface area contributed by atoms with Gasteiger partial charge in [0.25, 0.3) is 0 Å². The van der Waals surface area contributed by atoms with Gasteiger partial charge in [0.2, 0.25) is 0 Å².